The van der Waals surface area contributed by atoms with E-state index in [1.54, 1.807) is 6.07 Å². The Morgan fingerprint density at radius 1 is 1.38 bits per heavy atom. The number of nitrogens with zero attached hydrogens (tertiary/aromatic N) is 1. The van der Waals surface area contributed by atoms with Crippen LogP contribution in [0.5, 0.6) is 5.75 Å². The second kappa shape index (κ2) is 5.03. The van der Waals surface area contributed by atoms with Crippen LogP contribution in [0.2, 0.25) is 5.02 Å². The molecule has 4 heteroatoms. The molecule has 0 radical (unpaired) electrons. The molecule has 84 valence electrons. The third-order valence-corrected chi connectivity index (χ3v) is 2.42. The summed E-state index contributed by atoms with van der Waals surface area (Å²) in [6.07, 6.45) is 0.789. The summed E-state index contributed by atoms with van der Waals surface area (Å²) in [6, 6.07) is 9.40. The lowest BCUT2D eigenvalue weighted by atomic mass is 10.3. The average molecular weight is 237 g/mol. The zero-order valence-corrected chi connectivity index (χ0v) is 9.79. The molecule has 2 rings (SSSR count). The average Bonchev–Trinajstić information content (AvgIpc) is 2.64. The quantitative estimate of drug-likeness (QED) is 0.886. The summed E-state index contributed by atoms with van der Waals surface area (Å²) >= 11 is 5.85. The summed E-state index contributed by atoms with van der Waals surface area (Å²) in [5, 5.41) is 7.72. The Kier molecular flexibility index (Phi) is 3.47. The van der Waals surface area contributed by atoms with Crippen molar-refractivity contribution >= 4 is 11.6 Å². The van der Waals surface area contributed by atoms with E-state index >= 15 is 0 Å². The first-order valence-electron chi connectivity index (χ1n) is 5.13. The highest BCUT2D eigenvalue weighted by atomic mass is 35.5. The molecule has 0 amide bonds. The number of H-pyrrole nitrogens is 1. The molecule has 0 unspecified atom stereocenters. The molecular weight excluding hydrogens is 224 g/mol. The SMILES string of the molecule is Cc1cc(CCOc2cccc(Cl)c2)n[nH]1. The van der Waals surface area contributed by atoms with Gasteiger partial charge in [0.2, 0.25) is 0 Å². The fraction of sp³-hybridized carbons (Fsp3) is 0.250. The van der Waals surface area contributed by atoms with Crippen molar-refractivity contribution in [3.8, 4) is 5.75 Å². The van der Waals surface area contributed by atoms with Gasteiger partial charge in [0.15, 0.2) is 0 Å². The van der Waals surface area contributed by atoms with Gasteiger partial charge in [-0.25, -0.2) is 0 Å². The van der Waals surface area contributed by atoms with Crippen molar-refractivity contribution in [2.24, 2.45) is 0 Å². The van der Waals surface area contributed by atoms with Crippen LogP contribution < -0.4 is 4.74 Å². The lowest BCUT2D eigenvalue weighted by Gasteiger charge is -2.04. The van der Waals surface area contributed by atoms with Crippen LogP contribution in [0.3, 0.4) is 0 Å². The van der Waals surface area contributed by atoms with Gasteiger partial charge >= 0.3 is 0 Å². The van der Waals surface area contributed by atoms with E-state index in [0.29, 0.717) is 11.6 Å². The van der Waals surface area contributed by atoms with Gasteiger partial charge in [0, 0.05) is 17.1 Å². The Morgan fingerprint density at radius 2 is 2.25 bits per heavy atom. The Morgan fingerprint density at radius 3 is 2.94 bits per heavy atom. The molecule has 0 saturated carbocycles. The second-order valence-electron chi connectivity index (χ2n) is 3.60. The third-order valence-electron chi connectivity index (χ3n) is 2.18. The first-order chi connectivity index (χ1) is 7.74. The number of aryl methyl sites for hydroxylation is 1. The Labute approximate surface area is 99.4 Å². The number of hydrogen-bond acceptors (Lipinski definition) is 2. The third kappa shape index (κ3) is 3.00. The molecule has 0 saturated heterocycles. The van der Waals surface area contributed by atoms with E-state index in [1.165, 1.54) is 0 Å². The highest BCUT2D eigenvalue weighted by Crippen LogP contribution is 2.17. The zero-order chi connectivity index (χ0) is 11.4. The van der Waals surface area contributed by atoms with Crippen molar-refractivity contribution in [1.29, 1.82) is 0 Å². The van der Waals surface area contributed by atoms with Gasteiger partial charge < -0.3 is 4.74 Å². The molecule has 0 aliphatic rings. The van der Waals surface area contributed by atoms with Gasteiger partial charge in [-0.05, 0) is 31.2 Å². The minimum atomic E-state index is 0.602. The fourth-order valence-corrected chi connectivity index (χ4v) is 1.61. The summed E-state index contributed by atoms with van der Waals surface area (Å²) in [4.78, 5) is 0. The van der Waals surface area contributed by atoms with Gasteiger partial charge in [0.05, 0.1) is 12.3 Å². The first-order valence-corrected chi connectivity index (χ1v) is 5.51. The number of aromatic nitrogens is 2. The monoisotopic (exact) mass is 236 g/mol. The van der Waals surface area contributed by atoms with Gasteiger partial charge in [0.1, 0.15) is 5.75 Å². The summed E-state index contributed by atoms with van der Waals surface area (Å²) in [6.45, 7) is 2.58. The van der Waals surface area contributed by atoms with E-state index in [1.807, 2.05) is 31.2 Å². The van der Waals surface area contributed by atoms with E-state index in [4.69, 9.17) is 16.3 Å². The number of nitrogens with one attached hydrogen (secondary N) is 1. The van der Waals surface area contributed by atoms with Gasteiger partial charge in [-0.3, -0.25) is 5.10 Å². The van der Waals surface area contributed by atoms with Gasteiger partial charge in [0.25, 0.3) is 0 Å². The number of benzene rings is 1. The van der Waals surface area contributed by atoms with Crippen molar-refractivity contribution in [1.82, 2.24) is 10.2 Å². The number of rotatable bonds is 4. The second-order valence-corrected chi connectivity index (χ2v) is 4.03. The van der Waals surface area contributed by atoms with Crippen LogP contribution in [0.4, 0.5) is 0 Å². The molecule has 2 aromatic rings. The maximum atomic E-state index is 5.85. The van der Waals surface area contributed by atoms with Gasteiger partial charge in [-0.2, -0.15) is 5.10 Å². The predicted molar refractivity (Wildman–Crippen MR) is 64.0 cm³/mol. The number of ether oxygens (including phenoxy) is 1. The highest BCUT2D eigenvalue weighted by molar-refractivity contribution is 6.30. The van der Waals surface area contributed by atoms with Crippen LogP contribution in [0.15, 0.2) is 30.3 Å². The van der Waals surface area contributed by atoms with Crippen molar-refractivity contribution < 1.29 is 4.74 Å². The first kappa shape index (κ1) is 11.0. The minimum absolute atomic E-state index is 0.602. The molecule has 1 aromatic carbocycles. The highest BCUT2D eigenvalue weighted by Gasteiger charge is 1.99. The maximum Gasteiger partial charge on any atom is 0.120 e. The van der Waals surface area contributed by atoms with E-state index in [-0.39, 0.29) is 0 Å². The lowest BCUT2D eigenvalue weighted by Crippen LogP contribution is -2.01. The smallest absolute Gasteiger partial charge is 0.120 e. The molecule has 1 aromatic heterocycles. The molecule has 1 N–H and O–H groups in total. The summed E-state index contributed by atoms with van der Waals surface area (Å²) in [7, 11) is 0. The molecule has 16 heavy (non-hydrogen) atoms. The summed E-state index contributed by atoms with van der Waals surface area (Å²) in [5.74, 6) is 0.791. The van der Waals surface area contributed by atoms with Crippen molar-refractivity contribution in [2.45, 2.75) is 13.3 Å². The van der Waals surface area contributed by atoms with Crippen LogP contribution in [0.25, 0.3) is 0 Å². The molecule has 0 spiro atoms. The van der Waals surface area contributed by atoms with Crippen LogP contribution in [-0.4, -0.2) is 16.8 Å². The van der Waals surface area contributed by atoms with Crippen LogP contribution in [-0.2, 0) is 6.42 Å². The molecule has 0 atom stereocenters. The van der Waals surface area contributed by atoms with Crippen molar-refractivity contribution in [2.75, 3.05) is 6.61 Å². The molecule has 0 bridgehead atoms. The zero-order valence-electron chi connectivity index (χ0n) is 9.03. The Balaban J connectivity index is 1.84. The van der Waals surface area contributed by atoms with E-state index in [0.717, 1.165) is 23.6 Å². The van der Waals surface area contributed by atoms with E-state index in [2.05, 4.69) is 10.2 Å². The van der Waals surface area contributed by atoms with Crippen LogP contribution in [0, 0.1) is 6.92 Å². The standard InChI is InChI=1S/C12H13ClN2O/c1-9-7-11(15-14-9)5-6-16-12-4-2-3-10(13)8-12/h2-4,7-8H,5-6H2,1H3,(H,14,15). The molecule has 3 nitrogen and oxygen atoms in total. The number of aromatic amines is 1. The molecule has 0 aliphatic carbocycles. The van der Waals surface area contributed by atoms with Crippen LogP contribution >= 0.6 is 11.6 Å². The largest absolute Gasteiger partial charge is 0.493 e. The molecule has 0 aliphatic heterocycles. The Hall–Kier alpha value is -1.48. The summed E-state index contributed by atoms with van der Waals surface area (Å²) < 4.78 is 5.56. The van der Waals surface area contributed by atoms with Crippen molar-refractivity contribution in [3.63, 3.8) is 0 Å². The van der Waals surface area contributed by atoms with Gasteiger partial charge in [-0.15, -0.1) is 0 Å². The van der Waals surface area contributed by atoms with Gasteiger partial charge in [-0.1, -0.05) is 17.7 Å². The van der Waals surface area contributed by atoms with Crippen molar-refractivity contribution in [3.05, 3.63) is 46.7 Å². The van der Waals surface area contributed by atoms with E-state index in [9.17, 15) is 0 Å². The predicted octanol–water partition coefficient (Wildman–Crippen LogP) is 2.99. The number of hydrogen-bond donors (Lipinski definition) is 1. The molecule has 1 heterocycles. The summed E-state index contributed by atoms with van der Waals surface area (Å²) in [5.41, 5.74) is 2.08. The molecule has 0 fully saturated rings. The van der Waals surface area contributed by atoms with Crippen LogP contribution in [0.1, 0.15) is 11.4 Å². The van der Waals surface area contributed by atoms with E-state index < -0.39 is 0 Å². The minimum Gasteiger partial charge on any atom is -0.493 e. The normalized spacial score (nSPS) is 10.4. The Bertz CT molecular complexity index is 468. The maximum absolute atomic E-state index is 5.85. The topological polar surface area (TPSA) is 37.9 Å². The molecular formula is C12H13ClN2O. The fourth-order valence-electron chi connectivity index (χ4n) is 1.43. The number of halogens is 1. The lowest BCUT2D eigenvalue weighted by molar-refractivity contribution is 0.320.